The molecule has 1 amide bonds. The maximum Gasteiger partial charge on any atom is 0.249 e. The normalized spacial score (nSPS) is 16.6. The van der Waals surface area contributed by atoms with E-state index in [1.165, 1.54) is 24.8 Å². The first kappa shape index (κ1) is 32.6. The molecule has 186 valence electrons. The average Bonchev–Trinajstić information content (AvgIpc) is 3.29. The summed E-state index contributed by atoms with van der Waals surface area (Å²) in [5.74, 6) is 0.113. The summed E-state index contributed by atoms with van der Waals surface area (Å²) < 4.78 is 0. The summed E-state index contributed by atoms with van der Waals surface area (Å²) in [4.78, 5) is 14.5. The van der Waals surface area contributed by atoms with E-state index in [9.17, 15) is 4.79 Å². The van der Waals surface area contributed by atoms with E-state index in [0.717, 1.165) is 44.2 Å². The molecule has 1 aliphatic heterocycles. The smallest absolute Gasteiger partial charge is 0.249 e. The number of rotatable bonds is 11. The summed E-state index contributed by atoms with van der Waals surface area (Å²) in [6, 6.07) is 0.300. The Bertz CT molecular complexity index is 584. The maximum atomic E-state index is 12.5. The van der Waals surface area contributed by atoms with Gasteiger partial charge >= 0.3 is 0 Å². The van der Waals surface area contributed by atoms with E-state index in [2.05, 4.69) is 65.5 Å². The predicted octanol–water partition coefficient (Wildman–Crippen LogP) is 8.02. The Hall–Kier alpha value is -1.61. The molecule has 1 N–H and O–H groups in total. The lowest BCUT2D eigenvalue weighted by molar-refractivity contribution is -0.129. The maximum absolute atomic E-state index is 12.5. The Labute approximate surface area is 200 Å². The number of carbonyl (C=O) groups is 1. The van der Waals surface area contributed by atoms with E-state index < -0.39 is 0 Å². The number of hydrogen-bond acceptors (Lipinski definition) is 2. The quantitative estimate of drug-likeness (QED) is 0.257. The Kier molecular flexibility index (Phi) is 20.4. The lowest BCUT2D eigenvalue weighted by Crippen LogP contribution is -2.39. The summed E-state index contributed by atoms with van der Waals surface area (Å²) in [5, 5.41) is 8.91. The molecule has 0 aromatic rings. The number of amides is 1. The van der Waals surface area contributed by atoms with Crippen LogP contribution in [0.25, 0.3) is 0 Å². The van der Waals surface area contributed by atoms with E-state index in [0.29, 0.717) is 6.04 Å². The highest BCUT2D eigenvalue weighted by atomic mass is 16.3. The van der Waals surface area contributed by atoms with Crippen molar-refractivity contribution < 1.29 is 9.90 Å². The van der Waals surface area contributed by atoms with Gasteiger partial charge in [-0.2, -0.15) is 0 Å². The van der Waals surface area contributed by atoms with Crippen molar-refractivity contribution in [1.82, 2.24) is 4.90 Å². The largest absolute Gasteiger partial charge is 0.396 e. The van der Waals surface area contributed by atoms with Gasteiger partial charge in [0.1, 0.15) is 0 Å². The Morgan fingerprint density at radius 1 is 1.16 bits per heavy atom. The number of aliphatic hydroxyl groups excluding tert-OH is 1. The number of likely N-dealkylation sites (tertiary alicyclic amines) is 1. The molecule has 3 heteroatoms. The minimum absolute atomic E-state index is 0.113. The lowest BCUT2D eigenvalue weighted by atomic mass is 9.82. The van der Waals surface area contributed by atoms with Crippen LogP contribution in [0.1, 0.15) is 107 Å². The first-order valence-electron chi connectivity index (χ1n) is 12.8. The fourth-order valence-corrected chi connectivity index (χ4v) is 3.40. The molecule has 1 fully saturated rings. The molecule has 3 nitrogen and oxygen atoms in total. The number of nitrogens with zero attached hydrogens (tertiary/aromatic N) is 1. The van der Waals surface area contributed by atoms with Gasteiger partial charge in [0.2, 0.25) is 5.91 Å². The van der Waals surface area contributed by atoms with E-state index in [1.54, 1.807) is 0 Å². The first-order valence-corrected chi connectivity index (χ1v) is 12.8. The molecule has 1 heterocycles. The van der Waals surface area contributed by atoms with E-state index in [1.807, 2.05) is 31.7 Å². The van der Waals surface area contributed by atoms with E-state index >= 15 is 0 Å². The molecule has 1 unspecified atom stereocenters. The molecule has 0 bridgehead atoms. The van der Waals surface area contributed by atoms with Crippen molar-refractivity contribution in [1.29, 1.82) is 0 Å². The monoisotopic (exact) mass is 447 g/mol. The van der Waals surface area contributed by atoms with Crippen molar-refractivity contribution in [2.24, 2.45) is 5.41 Å². The molecular formula is C29H53NO2. The van der Waals surface area contributed by atoms with Crippen molar-refractivity contribution in [3.05, 3.63) is 48.1 Å². The van der Waals surface area contributed by atoms with Crippen LogP contribution < -0.4 is 0 Å². The van der Waals surface area contributed by atoms with Crippen molar-refractivity contribution in [2.75, 3.05) is 13.2 Å². The SMILES string of the molecule is C=C(C(=O)N1CCCC1CCCO)C(C)(C)CC.CC.C\C=C/C=C\C(=C/C)CCCC. The molecule has 0 aliphatic carbocycles. The van der Waals surface area contributed by atoms with Crippen molar-refractivity contribution in [2.45, 2.75) is 113 Å². The summed E-state index contributed by atoms with van der Waals surface area (Å²) >= 11 is 0. The molecule has 1 atom stereocenters. The summed E-state index contributed by atoms with van der Waals surface area (Å²) in [6.07, 6.45) is 19.1. The Morgan fingerprint density at radius 2 is 1.81 bits per heavy atom. The Morgan fingerprint density at radius 3 is 2.31 bits per heavy atom. The highest BCUT2D eigenvalue weighted by Crippen LogP contribution is 2.32. The molecule has 0 radical (unpaired) electrons. The molecule has 1 rings (SSSR count). The van der Waals surface area contributed by atoms with Crippen LogP contribution in [0.4, 0.5) is 0 Å². The molecule has 0 aromatic heterocycles. The third-order valence-electron chi connectivity index (χ3n) is 6.10. The Balaban J connectivity index is 0. The highest BCUT2D eigenvalue weighted by Gasteiger charge is 2.34. The van der Waals surface area contributed by atoms with Crippen LogP contribution in [0.15, 0.2) is 48.1 Å². The van der Waals surface area contributed by atoms with Gasteiger partial charge in [-0.25, -0.2) is 0 Å². The summed E-state index contributed by atoms with van der Waals surface area (Å²) in [5.41, 5.74) is 2.04. The number of carbonyl (C=O) groups excluding carboxylic acids is 1. The lowest BCUT2D eigenvalue weighted by Gasteiger charge is -2.31. The van der Waals surface area contributed by atoms with Gasteiger partial charge < -0.3 is 10.0 Å². The predicted molar refractivity (Wildman–Crippen MR) is 143 cm³/mol. The minimum atomic E-state index is -0.124. The molecular weight excluding hydrogens is 394 g/mol. The van der Waals surface area contributed by atoms with Gasteiger partial charge in [0, 0.05) is 24.8 Å². The van der Waals surface area contributed by atoms with Gasteiger partial charge in [-0.3, -0.25) is 4.79 Å². The number of allylic oxidation sites excluding steroid dienone is 6. The zero-order valence-electron chi connectivity index (χ0n) is 22.5. The van der Waals surface area contributed by atoms with E-state index in [4.69, 9.17) is 5.11 Å². The topological polar surface area (TPSA) is 40.5 Å². The van der Waals surface area contributed by atoms with Gasteiger partial charge in [-0.05, 0) is 64.2 Å². The average molecular weight is 448 g/mol. The van der Waals surface area contributed by atoms with Crippen LogP contribution in [0, 0.1) is 5.41 Å². The molecule has 32 heavy (non-hydrogen) atoms. The van der Waals surface area contributed by atoms with Crippen LogP contribution >= 0.6 is 0 Å². The van der Waals surface area contributed by atoms with Gasteiger partial charge in [0.05, 0.1) is 0 Å². The van der Waals surface area contributed by atoms with Crippen LogP contribution in [-0.4, -0.2) is 35.1 Å². The molecule has 1 saturated heterocycles. The van der Waals surface area contributed by atoms with Gasteiger partial charge in [-0.15, -0.1) is 0 Å². The second-order valence-corrected chi connectivity index (χ2v) is 8.73. The van der Waals surface area contributed by atoms with Crippen LogP contribution in [0.2, 0.25) is 0 Å². The number of unbranched alkanes of at least 4 members (excludes halogenated alkanes) is 1. The van der Waals surface area contributed by atoms with Gasteiger partial charge in [0.15, 0.2) is 0 Å². The first-order chi connectivity index (χ1) is 15.3. The fraction of sp³-hybridized carbons (Fsp3) is 0.690. The van der Waals surface area contributed by atoms with Crippen molar-refractivity contribution >= 4 is 5.91 Å². The van der Waals surface area contributed by atoms with Crippen LogP contribution in [0.5, 0.6) is 0 Å². The summed E-state index contributed by atoms with van der Waals surface area (Å²) in [6.45, 7) is 21.7. The van der Waals surface area contributed by atoms with Crippen LogP contribution in [-0.2, 0) is 4.79 Å². The molecule has 1 aliphatic rings. The fourth-order valence-electron chi connectivity index (χ4n) is 3.40. The third-order valence-corrected chi connectivity index (χ3v) is 6.10. The van der Waals surface area contributed by atoms with E-state index in [-0.39, 0.29) is 17.9 Å². The third kappa shape index (κ3) is 13.1. The second kappa shape index (κ2) is 20.0. The molecule has 0 aromatic carbocycles. The number of hydrogen-bond donors (Lipinski definition) is 1. The van der Waals surface area contributed by atoms with Gasteiger partial charge in [-0.1, -0.05) is 90.5 Å². The standard InChI is InChI=1S/C15H27NO2.C12H20.C2H6/c1-5-15(3,4)12(2)14(18)16-10-6-8-13(16)9-7-11-17;1-4-7-9-11-12(6-3)10-8-5-2;1-2/h13,17H,2,5-11H2,1,3-4H3;4,6-7,9,11H,5,8,10H2,1-3H3;1-2H3/b;7-4-,11-9-,12-6-;. The minimum Gasteiger partial charge on any atom is -0.396 e. The zero-order valence-corrected chi connectivity index (χ0v) is 22.5. The van der Waals surface area contributed by atoms with Crippen molar-refractivity contribution in [3.8, 4) is 0 Å². The zero-order chi connectivity index (χ0) is 25.0. The second-order valence-electron chi connectivity index (χ2n) is 8.73. The summed E-state index contributed by atoms with van der Waals surface area (Å²) in [7, 11) is 0. The number of aliphatic hydroxyl groups is 1. The van der Waals surface area contributed by atoms with Gasteiger partial charge in [0.25, 0.3) is 0 Å². The van der Waals surface area contributed by atoms with Crippen LogP contribution in [0.3, 0.4) is 0 Å². The molecule has 0 spiro atoms. The molecule has 0 saturated carbocycles. The highest BCUT2D eigenvalue weighted by molar-refractivity contribution is 5.94. The van der Waals surface area contributed by atoms with Crippen molar-refractivity contribution in [3.63, 3.8) is 0 Å².